The van der Waals surface area contributed by atoms with Gasteiger partial charge in [-0.2, -0.15) is 0 Å². The molecule has 1 rings (SSSR count). The molecule has 1 heterocycles. The number of aliphatic imine (C=N–C) groups is 1. The third kappa shape index (κ3) is 3.29. The Balaban J connectivity index is 2.54. The number of nitrogens with zero attached hydrogens (tertiary/aromatic N) is 1. The van der Waals surface area contributed by atoms with Crippen molar-refractivity contribution in [2.75, 3.05) is 0 Å². The van der Waals surface area contributed by atoms with Gasteiger partial charge in [-0.05, 0) is 32.1 Å². The first-order valence-corrected chi connectivity index (χ1v) is 4.98. The van der Waals surface area contributed by atoms with Crippen LogP contribution in [-0.2, 0) is 0 Å². The number of halogens is 1. The van der Waals surface area contributed by atoms with Gasteiger partial charge < -0.3 is 0 Å². The van der Waals surface area contributed by atoms with E-state index in [4.69, 9.17) is 0 Å². The summed E-state index contributed by atoms with van der Waals surface area (Å²) in [5.74, 6) is 0.672. The van der Waals surface area contributed by atoms with Crippen LogP contribution >= 0.6 is 0 Å². The zero-order chi connectivity index (χ0) is 9.84. The minimum absolute atomic E-state index is 0.672. The van der Waals surface area contributed by atoms with Gasteiger partial charge >= 0.3 is 0 Å². The lowest BCUT2D eigenvalue weighted by Crippen LogP contribution is -2.14. The third-order valence-electron chi connectivity index (χ3n) is 2.24. The van der Waals surface area contributed by atoms with E-state index in [0.717, 1.165) is 19.3 Å². The second-order valence-electron chi connectivity index (χ2n) is 4.12. The average Bonchev–Trinajstić information content (AvgIpc) is 2.04. The molecule has 0 aliphatic carbocycles. The minimum Gasteiger partial charge on any atom is -0.263 e. The summed E-state index contributed by atoms with van der Waals surface area (Å²) >= 11 is 0. The lowest BCUT2D eigenvalue weighted by atomic mass is 9.96. The van der Waals surface area contributed by atoms with Gasteiger partial charge in [0.2, 0.25) is 0 Å². The van der Waals surface area contributed by atoms with E-state index >= 15 is 0 Å². The summed E-state index contributed by atoms with van der Waals surface area (Å²) in [4.78, 5) is 4.14. The molecule has 74 valence electrons. The molecule has 1 nitrogen and oxygen atoms in total. The van der Waals surface area contributed by atoms with Crippen LogP contribution < -0.4 is 0 Å². The van der Waals surface area contributed by atoms with Crippen molar-refractivity contribution in [3.8, 4) is 0 Å². The Morgan fingerprint density at radius 2 is 2.08 bits per heavy atom. The SMILES string of the molecule is CC(C)CC1=CN=C(C(C)F)CC1. The molecule has 0 spiro atoms. The quantitative estimate of drug-likeness (QED) is 0.635. The highest BCUT2D eigenvalue weighted by molar-refractivity contribution is 5.89. The van der Waals surface area contributed by atoms with Crippen LogP contribution in [0.25, 0.3) is 0 Å². The Bertz CT molecular complexity index is 226. The Kier molecular flexibility index (Phi) is 3.64. The first kappa shape index (κ1) is 10.4. The largest absolute Gasteiger partial charge is 0.263 e. The zero-order valence-corrected chi connectivity index (χ0v) is 8.68. The number of rotatable bonds is 3. The number of allylic oxidation sites excluding steroid dienone is 1. The van der Waals surface area contributed by atoms with Crippen LogP contribution in [0.3, 0.4) is 0 Å². The highest BCUT2D eigenvalue weighted by Gasteiger charge is 2.13. The lowest BCUT2D eigenvalue weighted by Gasteiger charge is -2.15. The van der Waals surface area contributed by atoms with Crippen molar-refractivity contribution < 1.29 is 4.39 Å². The van der Waals surface area contributed by atoms with Gasteiger partial charge in [-0.15, -0.1) is 0 Å². The maximum Gasteiger partial charge on any atom is 0.135 e. The molecule has 13 heavy (non-hydrogen) atoms. The van der Waals surface area contributed by atoms with Crippen molar-refractivity contribution >= 4 is 5.71 Å². The van der Waals surface area contributed by atoms with Gasteiger partial charge in [-0.3, -0.25) is 4.99 Å². The normalized spacial score (nSPS) is 19.8. The predicted octanol–water partition coefficient (Wildman–Crippen LogP) is 3.51. The summed E-state index contributed by atoms with van der Waals surface area (Å²) in [5.41, 5.74) is 2.06. The van der Waals surface area contributed by atoms with Gasteiger partial charge in [0.1, 0.15) is 6.17 Å². The van der Waals surface area contributed by atoms with E-state index in [-0.39, 0.29) is 0 Å². The summed E-state index contributed by atoms with van der Waals surface area (Å²) in [6.07, 6.45) is 3.87. The lowest BCUT2D eigenvalue weighted by molar-refractivity contribution is 0.447. The van der Waals surface area contributed by atoms with Crippen LogP contribution in [0.4, 0.5) is 4.39 Å². The maximum absolute atomic E-state index is 12.8. The van der Waals surface area contributed by atoms with Gasteiger partial charge in [-0.25, -0.2) is 4.39 Å². The summed E-state index contributed by atoms with van der Waals surface area (Å²) < 4.78 is 12.8. The third-order valence-corrected chi connectivity index (χ3v) is 2.24. The van der Waals surface area contributed by atoms with Crippen molar-refractivity contribution in [3.63, 3.8) is 0 Å². The summed E-state index contributed by atoms with van der Waals surface area (Å²) in [6.45, 7) is 5.94. The molecular weight excluding hydrogens is 165 g/mol. The molecule has 1 aliphatic rings. The fourth-order valence-corrected chi connectivity index (χ4v) is 1.57. The first-order valence-electron chi connectivity index (χ1n) is 4.98. The topological polar surface area (TPSA) is 12.4 Å². The summed E-state index contributed by atoms with van der Waals surface area (Å²) in [7, 11) is 0. The van der Waals surface area contributed by atoms with Gasteiger partial charge in [0.15, 0.2) is 0 Å². The number of hydrogen-bond donors (Lipinski definition) is 0. The zero-order valence-electron chi connectivity index (χ0n) is 8.68. The van der Waals surface area contributed by atoms with Crippen LogP contribution in [0.5, 0.6) is 0 Å². The van der Waals surface area contributed by atoms with Crippen molar-refractivity contribution in [1.29, 1.82) is 0 Å². The van der Waals surface area contributed by atoms with E-state index in [1.165, 1.54) is 5.57 Å². The number of alkyl halides is 1. The monoisotopic (exact) mass is 183 g/mol. The van der Waals surface area contributed by atoms with E-state index in [9.17, 15) is 4.39 Å². The van der Waals surface area contributed by atoms with E-state index in [2.05, 4.69) is 18.8 Å². The molecule has 0 aromatic heterocycles. The smallest absolute Gasteiger partial charge is 0.135 e. The van der Waals surface area contributed by atoms with Crippen molar-refractivity contribution in [2.24, 2.45) is 10.9 Å². The molecular formula is C11H18FN. The van der Waals surface area contributed by atoms with E-state index in [1.54, 1.807) is 6.92 Å². The van der Waals surface area contributed by atoms with Gasteiger partial charge in [0.25, 0.3) is 0 Å². The van der Waals surface area contributed by atoms with Gasteiger partial charge in [-0.1, -0.05) is 19.4 Å². The second-order valence-corrected chi connectivity index (χ2v) is 4.12. The standard InChI is InChI=1S/C11H18FN/c1-8(2)6-10-4-5-11(9(3)12)13-7-10/h7-9H,4-6H2,1-3H3. The molecule has 1 aliphatic heterocycles. The fourth-order valence-electron chi connectivity index (χ4n) is 1.57. The Hall–Kier alpha value is -0.660. The van der Waals surface area contributed by atoms with Gasteiger partial charge in [0, 0.05) is 6.20 Å². The Labute approximate surface area is 79.8 Å². The van der Waals surface area contributed by atoms with Crippen LogP contribution in [0.2, 0.25) is 0 Å². The molecule has 1 atom stereocenters. The molecule has 2 heteroatoms. The first-order chi connectivity index (χ1) is 6.09. The molecule has 0 N–H and O–H groups in total. The molecule has 0 radical (unpaired) electrons. The van der Waals surface area contributed by atoms with Gasteiger partial charge in [0.05, 0.1) is 5.71 Å². The molecule has 0 saturated carbocycles. The van der Waals surface area contributed by atoms with Crippen LogP contribution in [0.1, 0.15) is 40.0 Å². The molecule has 0 bridgehead atoms. The molecule has 0 aromatic rings. The molecule has 0 aromatic carbocycles. The van der Waals surface area contributed by atoms with Crippen molar-refractivity contribution in [1.82, 2.24) is 0 Å². The van der Waals surface area contributed by atoms with Crippen molar-refractivity contribution in [2.45, 2.75) is 46.2 Å². The van der Waals surface area contributed by atoms with E-state index in [1.807, 2.05) is 6.20 Å². The van der Waals surface area contributed by atoms with Crippen LogP contribution in [0, 0.1) is 5.92 Å². The van der Waals surface area contributed by atoms with E-state index < -0.39 is 6.17 Å². The van der Waals surface area contributed by atoms with Crippen molar-refractivity contribution in [3.05, 3.63) is 11.8 Å². The summed E-state index contributed by atoms with van der Waals surface area (Å²) in [6, 6.07) is 0. The average molecular weight is 183 g/mol. The minimum atomic E-state index is -0.878. The van der Waals surface area contributed by atoms with E-state index in [0.29, 0.717) is 11.6 Å². The highest BCUT2D eigenvalue weighted by atomic mass is 19.1. The molecule has 0 fully saturated rings. The Morgan fingerprint density at radius 1 is 1.38 bits per heavy atom. The Morgan fingerprint density at radius 3 is 2.46 bits per heavy atom. The predicted molar refractivity (Wildman–Crippen MR) is 54.8 cm³/mol. The second kappa shape index (κ2) is 4.54. The van der Waals surface area contributed by atoms with Crippen LogP contribution in [0.15, 0.2) is 16.8 Å². The van der Waals surface area contributed by atoms with Crippen LogP contribution in [-0.4, -0.2) is 11.9 Å². The fraction of sp³-hybridized carbons (Fsp3) is 0.727. The molecule has 0 amide bonds. The maximum atomic E-state index is 12.8. The number of hydrogen-bond acceptors (Lipinski definition) is 1. The molecule has 1 unspecified atom stereocenters. The summed E-state index contributed by atoms with van der Waals surface area (Å²) in [5, 5.41) is 0. The molecule has 0 saturated heterocycles. The highest BCUT2D eigenvalue weighted by Crippen LogP contribution is 2.21.